The fourth-order valence-electron chi connectivity index (χ4n) is 3.42. The van der Waals surface area contributed by atoms with Crippen molar-refractivity contribution in [1.29, 1.82) is 0 Å². The average molecular weight is 458 g/mol. The van der Waals surface area contributed by atoms with Crippen LogP contribution in [-0.2, 0) is 23.7 Å². The Balaban J connectivity index is 1.30. The summed E-state index contributed by atoms with van der Waals surface area (Å²) < 4.78 is 21.2. The highest BCUT2D eigenvalue weighted by molar-refractivity contribution is 8.00. The molecule has 0 bridgehead atoms. The maximum atomic E-state index is 11.9. The van der Waals surface area contributed by atoms with Gasteiger partial charge in [0.15, 0.2) is 0 Å². The van der Waals surface area contributed by atoms with Gasteiger partial charge in [-0.1, -0.05) is 12.3 Å². The van der Waals surface area contributed by atoms with Gasteiger partial charge in [-0.3, -0.25) is 4.79 Å². The van der Waals surface area contributed by atoms with Crippen LogP contribution < -0.4 is 16.0 Å². The highest BCUT2D eigenvalue weighted by Gasteiger charge is 2.42. The van der Waals surface area contributed by atoms with Crippen molar-refractivity contribution in [2.75, 3.05) is 65.2 Å². The van der Waals surface area contributed by atoms with Gasteiger partial charge in [-0.25, -0.2) is 4.79 Å². The molecule has 9 nitrogen and oxygen atoms in total. The average Bonchev–Trinajstić information content (AvgIpc) is 3.30. The summed E-state index contributed by atoms with van der Waals surface area (Å²) in [5.41, 5.74) is 0. The summed E-state index contributed by atoms with van der Waals surface area (Å²) >= 11 is 1.90. The first-order valence-electron chi connectivity index (χ1n) is 10.9. The number of carbonyl (C=O) groups excluding carboxylic acids is 2. The van der Waals surface area contributed by atoms with E-state index < -0.39 is 0 Å². The molecule has 31 heavy (non-hydrogen) atoms. The summed E-state index contributed by atoms with van der Waals surface area (Å²) in [7, 11) is 0. The second-order valence-electron chi connectivity index (χ2n) is 7.31. The van der Waals surface area contributed by atoms with Gasteiger partial charge >= 0.3 is 6.03 Å². The molecule has 2 rings (SSSR count). The lowest BCUT2D eigenvalue weighted by Crippen LogP contribution is -2.36. The van der Waals surface area contributed by atoms with Gasteiger partial charge in [-0.05, 0) is 12.8 Å². The van der Waals surface area contributed by atoms with E-state index in [0.29, 0.717) is 71.1 Å². The standard InChI is InChI=1S/C21H35N3O6S/c1-2-8-27-10-12-29-14-15-30-13-11-28-9-7-22-19(25)6-4-3-5-18-20-17(16-31-18)23-21(26)24-20/h1,17-18,20H,3-16H2,(H,22,25)(H2,23,24,26)/t17-,18?,20-/m1/s1. The molecule has 3 amide bonds. The van der Waals surface area contributed by atoms with E-state index in [0.717, 1.165) is 25.0 Å². The maximum absolute atomic E-state index is 11.9. The fraction of sp³-hybridized carbons (Fsp3) is 0.810. The Morgan fingerprint density at radius 3 is 2.42 bits per heavy atom. The zero-order valence-corrected chi connectivity index (χ0v) is 18.9. The molecule has 0 aromatic carbocycles. The maximum Gasteiger partial charge on any atom is 0.315 e. The van der Waals surface area contributed by atoms with Crippen LogP contribution in [0.15, 0.2) is 0 Å². The third-order valence-corrected chi connectivity index (χ3v) is 6.46. The highest BCUT2D eigenvalue weighted by atomic mass is 32.2. The number of urea groups is 1. The lowest BCUT2D eigenvalue weighted by molar-refractivity contribution is -0.121. The van der Waals surface area contributed by atoms with E-state index in [2.05, 4.69) is 21.9 Å². The van der Waals surface area contributed by atoms with Gasteiger partial charge in [0.1, 0.15) is 6.61 Å². The van der Waals surface area contributed by atoms with Crippen molar-refractivity contribution in [1.82, 2.24) is 16.0 Å². The highest BCUT2D eigenvalue weighted by Crippen LogP contribution is 2.33. The van der Waals surface area contributed by atoms with Crippen molar-refractivity contribution in [3.05, 3.63) is 0 Å². The number of amides is 3. The summed E-state index contributed by atoms with van der Waals surface area (Å²) in [4.78, 5) is 23.3. The number of nitrogens with one attached hydrogen (secondary N) is 3. The minimum absolute atomic E-state index is 0.0519. The quantitative estimate of drug-likeness (QED) is 0.157. The molecule has 0 radical (unpaired) electrons. The molecule has 0 aromatic rings. The Hall–Kier alpha value is -1.51. The van der Waals surface area contributed by atoms with Gasteiger partial charge in [0, 0.05) is 24.0 Å². The topological polar surface area (TPSA) is 107 Å². The van der Waals surface area contributed by atoms with E-state index in [4.69, 9.17) is 25.4 Å². The number of unbranched alkanes of at least 4 members (excludes halogenated alkanes) is 1. The van der Waals surface area contributed by atoms with Crippen molar-refractivity contribution < 1.29 is 28.5 Å². The van der Waals surface area contributed by atoms with Crippen LogP contribution in [0.5, 0.6) is 0 Å². The van der Waals surface area contributed by atoms with Crippen LogP contribution in [0.1, 0.15) is 25.7 Å². The van der Waals surface area contributed by atoms with Crippen LogP contribution in [0.2, 0.25) is 0 Å². The lowest BCUT2D eigenvalue weighted by Gasteiger charge is -2.16. The van der Waals surface area contributed by atoms with Gasteiger partial charge in [0.25, 0.3) is 0 Å². The van der Waals surface area contributed by atoms with Crippen molar-refractivity contribution in [2.45, 2.75) is 43.0 Å². The molecule has 10 heteroatoms. The second-order valence-corrected chi connectivity index (χ2v) is 8.58. The number of hydrogen-bond acceptors (Lipinski definition) is 7. The first kappa shape index (κ1) is 25.7. The van der Waals surface area contributed by atoms with E-state index in [1.54, 1.807) is 0 Å². The van der Waals surface area contributed by atoms with Gasteiger partial charge in [-0.15, -0.1) is 6.42 Å². The van der Waals surface area contributed by atoms with Gasteiger partial charge in [-0.2, -0.15) is 11.8 Å². The molecule has 1 unspecified atom stereocenters. The Labute approximate surface area is 189 Å². The molecule has 2 heterocycles. The smallest absolute Gasteiger partial charge is 0.315 e. The molecule has 2 fully saturated rings. The molecule has 3 N–H and O–H groups in total. The normalized spacial score (nSPS) is 21.9. The molecule has 0 aromatic heterocycles. The number of thioether (sulfide) groups is 1. The first-order chi connectivity index (χ1) is 15.2. The third-order valence-electron chi connectivity index (χ3n) is 4.95. The number of terminal acetylenes is 1. The monoisotopic (exact) mass is 457 g/mol. The summed E-state index contributed by atoms with van der Waals surface area (Å²) in [5.74, 6) is 3.41. The summed E-state index contributed by atoms with van der Waals surface area (Å²) in [6, 6.07) is 0.439. The number of rotatable bonds is 18. The van der Waals surface area contributed by atoms with Crippen LogP contribution in [-0.4, -0.2) is 94.4 Å². The predicted octanol–water partition coefficient (Wildman–Crippen LogP) is 0.528. The molecule has 2 aliphatic heterocycles. The molecular weight excluding hydrogens is 422 g/mol. The van der Waals surface area contributed by atoms with Crippen LogP contribution >= 0.6 is 11.8 Å². The lowest BCUT2D eigenvalue weighted by atomic mass is 10.0. The molecule has 0 aliphatic carbocycles. The van der Waals surface area contributed by atoms with Crippen LogP contribution in [0.25, 0.3) is 0 Å². The number of ether oxygens (including phenoxy) is 4. The van der Waals surface area contributed by atoms with Gasteiger partial charge in [0.05, 0.1) is 58.3 Å². The number of fused-ring (bicyclic) bond motifs is 1. The largest absolute Gasteiger partial charge is 0.377 e. The number of carbonyl (C=O) groups is 2. The van der Waals surface area contributed by atoms with Crippen LogP contribution in [0.3, 0.4) is 0 Å². The van der Waals surface area contributed by atoms with E-state index in [1.165, 1.54) is 0 Å². The predicted molar refractivity (Wildman–Crippen MR) is 119 cm³/mol. The summed E-state index contributed by atoms with van der Waals surface area (Å²) in [6.45, 7) is 4.22. The van der Waals surface area contributed by atoms with E-state index in [-0.39, 0.29) is 24.0 Å². The molecule has 0 spiro atoms. The van der Waals surface area contributed by atoms with Crippen LogP contribution in [0, 0.1) is 12.3 Å². The molecule has 2 saturated heterocycles. The van der Waals surface area contributed by atoms with Gasteiger partial charge < -0.3 is 34.9 Å². The zero-order chi connectivity index (χ0) is 22.2. The molecule has 3 atom stereocenters. The van der Waals surface area contributed by atoms with E-state index in [9.17, 15) is 9.59 Å². The summed E-state index contributed by atoms with van der Waals surface area (Å²) in [6.07, 6.45) is 8.45. The van der Waals surface area contributed by atoms with Gasteiger partial charge in [0.2, 0.25) is 5.91 Å². The third kappa shape index (κ3) is 11.1. The first-order valence-corrected chi connectivity index (χ1v) is 12.0. The Morgan fingerprint density at radius 2 is 1.71 bits per heavy atom. The molecular formula is C21H35N3O6S. The minimum Gasteiger partial charge on any atom is -0.377 e. The van der Waals surface area contributed by atoms with Crippen LogP contribution in [0.4, 0.5) is 4.79 Å². The van der Waals surface area contributed by atoms with E-state index in [1.807, 2.05) is 11.8 Å². The SMILES string of the molecule is C#CCOCCOCCOCCOCCNC(=O)CCCCC1SC[C@H]2NC(=O)N[C@@H]12. The minimum atomic E-state index is -0.0548. The zero-order valence-electron chi connectivity index (χ0n) is 18.1. The molecule has 176 valence electrons. The van der Waals surface area contributed by atoms with Crippen molar-refractivity contribution >= 4 is 23.7 Å². The Bertz CT molecular complexity index is 574. The Morgan fingerprint density at radius 1 is 1.03 bits per heavy atom. The van der Waals surface area contributed by atoms with Crippen molar-refractivity contribution in [2.24, 2.45) is 0 Å². The van der Waals surface area contributed by atoms with Crippen molar-refractivity contribution in [3.8, 4) is 12.3 Å². The fourth-order valence-corrected chi connectivity index (χ4v) is 4.96. The molecule has 0 saturated carbocycles. The number of hydrogen-bond donors (Lipinski definition) is 3. The van der Waals surface area contributed by atoms with Crippen molar-refractivity contribution in [3.63, 3.8) is 0 Å². The Kier molecular flexibility index (Phi) is 13.4. The molecule has 2 aliphatic rings. The summed E-state index contributed by atoms with van der Waals surface area (Å²) in [5, 5.41) is 9.26. The van der Waals surface area contributed by atoms with E-state index >= 15 is 0 Å². The second kappa shape index (κ2) is 16.2.